The van der Waals surface area contributed by atoms with Crippen LogP contribution in [0.4, 0.5) is 10.5 Å². The molecule has 1 heterocycles. The molecule has 2 amide bonds. The van der Waals surface area contributed by atoms with Gasteiger partial charge in [0.25, 0.3) is 0 Å². The molecule has 1 atom stereocenters. The highest BCUT2D eigenvalue weighted by atomic mass is 35.5. The Morgan fingerprint density at radius 3 is 2.63 bits per heavy atom. The number of carbonyl (C=O) groups excluding carboxylic acids is 1. The van der Waals surface area contributed by atoms with Gasteiger partial charge in [0.15, 0.2) is 5.82 Å². The molecule has 1 aromatic heterocycles. The van der Waals surface area contributed by atoms with Gasteiger partial charge in [-0.15, -0.1) is 0 Å². The number of anilines is 1. The number of rotatable bonds is 3. The van der Waals surface area contributed by atoms with Crippen LogP contribution in [-0.4, -0.2) is 16.2 Å². The van der Waals surface area contributed by atoms with Gasteiger partial charge in [-0.05, 0) is 38.1 Å². The average molecular weight is 281 g/mol. The number of aromatic nitrogens is 2. The number of nitrogens with one attached hydrogen (secondary N) is 2. The number of halogens is 1. The van der Waals surface area contributed by atoms with E-state index in [1.807, 2.05) is 0 Å². The minimum absolute atomic E-state index is 0.356. The third-order valence-corrected chi connectivity index (χ3v) is 2.62. The normalized spacial score (nSPS) is 11.9. The van der Waals surface area contributed by atoms with E-state index < -0.39 is 0 Å². The Hall–Kier alpha value is -2.08. The van der Waals surface area contributed by atoms with Crippen molar-refractivity contribution in [3.05, 3.63) is 41.0 Å². The van der Waals surface area contributed by atoms with Crippen LogP contribution in [0.3, 0.4) is 0 Å². The molecule has 7 heteroatoms. The van der Waals surface area contributed by atoms with Crippen molar-refractivity contribution in [3.8, 4) is 0 Å². The molecule has 0 saturated carbocycles. The van der Waals surface area contributed by atoms with Gasteiger partial charge in [-0.25, -0.2) is 4.79 Å². The molecule has 0 bridgehead atoms. The zero-order chi connectivity index (χ0) is 13.8. The minimum atomic E-state index is -0.367. The molecule has 0 saturated heterocycles. The predicted octanol–water partition coefficient (Wildman–Crippen LogP) is 2.91. The van der Waals surface area contributed by atoms with Gasteiger partial charge in [-0.2, -0.15) is 4.98 Å². The van der Waals surface area contributed by atoms with E-state index in [2.05, 4.69) is 20.8 Å². The lowest BCUT2D eigenvalue weighted by atomic mass is 10.3. The van der Waals surface area contributed by atoms with Crippen LogP contribution in [0.5, 0.6) is 0 Å². The highest BCUT2D eigenvalue weighted by Gasteiger charge is 2.15. The molecule has 6 nitrogen and oxygen atoms in total. The highest BCUT2D eigenvalue weighted by molar-refractivity contribution is 6.30. The summed E-state index contributed by atoms with van der Waals surface area (Å²) in [7, 11) is 0. The van der Waals surface area contributed by atoms with Crippen LogP contribution in [-0.2, 0) is 0 Å². The highest BCUT2D eigenvalue weighted by Crippen LogP contribution is 2.14. The van der Waals surface area contributed by atoms with Crippen LogP contribution >= 0.6 is 11.6 Å². The van der Waals surface area contributed by atoms with Gasteiger partial charge in [0.2, 0.25) is 5.89 Å². The third kappa shape index (κ3) is 3.69. The van der Waals surface area contributed by atoms with Crippen molar-refractivity contribution in [3.63, 3.8) is 0 Å². The minimum Gasteiger partial charge on any atom is -0.337 e. The second-order valence-corrected chi connectivity index (χ2v) is 4.44. The maximum Gasteiger partial charge on any atom is 0.319 e. The molecule has 2 N–H and O–H groups in total. The molecule has 2 aromatic rings. The second-order valence-electron chi connectivity index (χ2n) is 4.01. The number of hydrogen-bond donors (Lipinski definition) is 2. The van der Waals surface area contributed by atoms with Crippen LogP contribution in [0.25, 0.3) is 0 Å². The molecule has 100 valence electrons. The van der Waals surface area contributed by atoms with E-state index in [-0.39, 0.29) is 12.1 Å². The largest absolute Gasteiger partial charge is 0.337 e. The van der Waals surface area contributed by atoms with Crippen LogP contribution in [0, 0.1) is 6.92 Å². The van der Waals surface area contributed by atoms with Crippen molar-refractivity contribution in [2.24, 2.45) is 0 Å². The summed E-state index contributed by atoms with van der Waals surface area (Å²) >= 11 is 5.76. The number of hydrogen-bond acceptors (Lipinski definition) is 4. The molecule has 19 heavy (non-hydrogen) atoms. The fourth-order valence-electron chi connectivity index (χ4n) is 1.45. The number of urea groups is 1. The van der Waals surface area contributed by atoms with Gasteiger partial charge in [0.05, 0.1) is 0 Å². The van der Waals surface area contributed by atoms with E-state index in [0.717, 1.165) is 0 Å². The third-order valence-electron chi connectivity index (χ3n) is 2.36. The first-order chi connectivity index (χ1) is 9.04. The summed E-state index contributed by atoms with van der Waals surface area (Å²) in [5.41, 5.74) is 0.649. The topological polar surface area (TPSA) is 80.0 Å². The summed E-state index contributed by atoms with van der Waals surface area (Å²) in [6, 6.07) is 6.09. The van der Waals surface area contributed by atoms with E-state index in [1.54, 1.807) is 38.1 Å². The first-order valence-corrected chi connectivity index (χ1v) is 6.05. The first kappa shape index (κ1) is 13.4. The standard InChI is InChI=1S/C12H13ClN4O2/c1-7(11-15-8(2)17-19-11)14-12(18)16-10-5-3-9(13)4-6-10/h3-7H,1-2H3,(H2,14,16,18). The molecular formula is C12H13ClN4O2. The Morgan fingerprint density at radius 1 is 1.37 bits per heavy atom. The number of benzene rings is 1. The summed E-state index contributed by atoms with van der Waals surface area (Å²) in [4.78, 5) is 15.8. The van der Waals surface area contributed by atoms with E-state index in [4.69, 9.17) is 16.1 Å². The van der Waals surface area contributed by atoms with Crippen molar-refractivity contribution in [2.45, 2.75) is 19.9 Å². The molecular weight excluding hydrogens is 268 g/mol. The Kier molecular flexibility index (Phi) is 4.01. The summed E-state index contributed by atoms with van der Waals surface area (Å²) in [6.45, 7) is 3.47. The van der Waals surface area contributed by atoms with Crippen molar-refractivity contribution in [2.75, 3.05) is 5.32 Å². The Labute approximate surface area is 115 Å². The Bertz CT molecular complexity index is 567. The molecule has 2 rings (SSSR count). The Balaban J connectivity index is 1.92. The zero-order valence-electron chi connectivity index (χ0n) is 10.5. The SMILES string of the molecule is Cc1noc(C(C)NC(=O)Nc2ccc(Cl)cc2)n1. The van der Waals surface area contributed by atoms with E-state index in [1.165, 1.54) is 0 Å². The summed E-state index contributed by atoms with van der Waals surface area (Å²) in [5.74, 6) is 0.894. The average Bonchev–Trinajstić information content (AvgIpc) is 2.79. The number of aryl methyl sites for hydroxylation is 1. The lowest BCUT2D eigenvalue weighted by Gasteiger charge is -2.11. The maximum atomic E-state index is 11.7. The van der Waals surface area contributed by atoms with Crippen molar-refractivity contribution in [1.29, 1.82) is 0 Å². The van der Waals surface area contributed by atoms with Crippen LogP contribution in [0.2, 0.25) is 5.02 Å². The lowest BCUT2D eigenvalue weighted by Crippen LogP contribution is -2.31. The smallest absolute Gasteiger partial charge is 0.319 e. The number of nitrogens with zero attached hydrogens (tertiary/aromatic N) is 2. The monoisotopic (exact) mass is 280 g/mol. The van der Waals surface area contributed by atoms with Crippen molar-refractivity contribution < 1.29 is 9.32 Å². The molecule has 1 aromatic carbocycles. The fraction of sp³-hybridized carbons (Fsp3) is 0.250. The second kappa shape index (κ2) is 5.71. The Morgan fingerprint density at radius 2 is 2.05 bits per heavy atom. The van der Waals surface area contributed by atoms with Gasteiger partial charge < -0.3 is 15.2 Å². The first-order valence-electron chi connectivity index (χ1n) is 5.68. The molecule has 0 spiro atoms. The van der Waals surface area contributed by atoms with Gasteiger partial charge >= 0.3 is 6.03 Å². The number of carbonyl (C=O) groups is 1. The van der Waals surface area contributed by atoms with Crippen LogP contribution in [0.15, 0.2) is 28.8 Å². The molecule has 0 aliphatic rings. The summed E-state index contributed by atoms with van der Waals surface area (Å²) in [5, 5.41) is 9.65. The van der Waals surface area contributed by atoms with Crippen molar-refractivity contribution >= 4 is 23.3 Å². The fourth-order valence-corrected chi connectivity index (χ4v) is 1.57. The van der Waals surface area contributed by atoms with Crippen molar-refractivity contribution in [1.82, 2.24) is 15.5 Å². The quantitative estimate of drug-likeness (QED) is 0.906. The maximum absolute atomic E-state index is 11.7. The van der Waals surface area contributed by atoms with E-state index >= 15 is 0 Å². The van der Waals surface area contributed by atoms with Gasteiger partial charge in [0, 0.05) is 10.7 Å². The summed E-state index contributed by atoms with van der Waals surface area (Å²) < 4.78 is 4.97. The van der Waals surface area contributed by atoms with E-state index in [0.29, 0.717) is 22.4 Å². The van der Waals surface area contributed by atoms with Crippen LogP contribution in [0.1, 0.15) is 24.7 Å². The summed E-state index contributed by atoms with van der Waals surface area (Å²) in [6.07, 6.45) is 0. The molecule has 0 aliphatic heterocycles. The van der Waals surface area contributed by atoms with Gasteiger partial charge in [-0.3, -0.25) is 0 Å². The molecule has 0 aliphatic carbocycles. The van der Waals surface area contributed by atoms with Crippen LogP contribution < -0.4 is 10.6 Å². The van der Waals surface area contributed by atoms with E-state index in [9.17, 15) is 4.79 Å². The predicted molar refractivity (Wildman–Crippen MR) is 71.1 cm³/mol. The number of amides is 2. The zero-order valence-corrected chi connectivity index (χ0v) is 11.2. The molecule has 0 fully saturated rings. The lowest BCUT2D eigenvalue weighted by molar-refractivity contribution is 0.245. The van der Waals surface area contributed by atoms with Gasteiger partial charge in [0.1, 0.15) is 6.04 Å². The molecule has 0 radical (unpaired) electrons. The van der Waals surface area contributed by atoms with Gasteiger partial charge in [-0.1, -0.05) is 16.8 Å². The molecule has 1 unspecified atom stereocenters.